The topological polar surface area (TPSA) is 184 Å². The number of nitrogens with two attached hydrogens (primary N) is 1. The van der Waals surface area contributed by atoms with Gasteiger partial charge in [-0.15, -0.1) is 0 Å². The summed E-state index contributed by atoms with van der Waals surface area (Å²) in [7, 11) is 6.86. The van der Waals surface area contributed by atoms with Gasteiger partial charge in [-0.25, -0.2) is 4.39 Å². The number of aromatic hydroxyl groups is 1. The predicted molar refractivity (Wildman–Crippen MR) is 190 cm³/mol. The van der Waals surface area contributed by atoms with Gasteiger partial charge in [0, 0.05) is 63.5 Å². The summed E-state index contributed by atoms with van der Waals surface area (Å²) in [5, 5.41) is 46.7. The number of hydrogen-bond acceptors (Lipinski definition) is 12. The van der Waals surface area contributed by atoms with Gasteiger partial charge in [0.15, 0.2) is 11.4 Å². The molecule has 3 aliphatic carbocycles. The molecule has 1 aromatic heterocycles. The van der Waals surface area contributed by atoms with Crippen molar-refractivity contribution in [2.75, 3.05) is 64.2 Å². The number of halogens is 1. The molecule has 1 aliphatic heterocycles. The fourth-order valence-corrected chi connectivity index (χ4v) is 8.92. The highest BCUT2D eigenvalue weighted by molar-refractivity contribution is 6.25. The number of piperazine rings is 1. The number of amides is 1. The molecule has 3 unspecified atom stereocenters. The quantitative estimate of drug-likeness (QED) is 0.224. The van der Waals surface area contributed by atoms with Crippen molar-refractivity contribution in [2.45, 2.75) is 37.1 Å². The summed E-state index contributed by atoms with van der Waals surface area (Å²) in [4.78, 5) is 47.9. The summed E-state index contributed by atoms with van der Waals surface area (Å²) in [5.41, 5.74) is 4.59. The van der Waals surface area contributed by atoms with Gasteiger partial charge in [0.2, 0.25) is 11.7 Å². The van der Waals surface area contributed by atoms with Gasteiger partial charge in [-0.1, -0.05) is 12.1 Å². The molecule has 2 heterocycles. The lowest BCUT2D eigenvalue weighted by Crippen LogP contribution is -2.73. The number of nitrogens with zero attached hydrogens (tertiary/aromatic N) is 4. The van der Waals surface area contributed by atoms with Crippen molar-refractivity contribution in [3.63, 3.8) is 0 Å². The van der Waals surface area contributed by atoms with E-state index in [0.717, 1.165) is 0 Å². The first-order valence-electron chi connectivity index (χ1n) is 17.4. The van der Waals surface area contributed by atoms with Crippen LogP contribution in [-0.4, -0.2) is 120 Å². The van der Waals surface area contributed by atoms with Crippen LogP contribution >= 0.6 is 0 Å². The summed E-state index contributed by atoms with van der Waals surface area (Å²) < 4.78 is 20.6. The van der Waals surface area contributed by atoms with Crippen LogP contribution < -0.4 is 15.5 Å². The first kappa shape index (κ1) is 35.6. The molecule has 0 bridgehead atoms. The van der Waals surface area contributed by atoms with E-state index in [2.05, 4.69) is 4.90 Å². The number of hydrogen-bond donors (Lipinski definition) is 5. The largest absolute Gasteiger partial charge is 0.507 e. The molecule has 3 aromatic rings. The number of carbonyl (C=O) groups excluding carboxylic acids is 3. The van der Waals surface area contributed by atoms with Crippen LogP contribution in [0.15, 0.2) is 52.5 Å². The fraction of sp³-hybridized carbons (Fsp3) is 0.447. The highest BCUT2D eigenvalue weighted by Crippen LogP contribution is 2.54. The van der Waals surface area contributed by atoms with Crippen LogP contribution in [0.5, 0.6) is 5.75 Å². The van der Waals surface area contributed by atoms with Gasteiger partial charge in [-0.3, -0.25) is 19.3 Å². The van der Waals surface area contributed by atoms with Crippen molar-refractivity contribution in [3.8, 4) is 17.1 Å². The van der Waals surface area contributed by atoms with E-state index in [1.54, 1.807) is 49.3 Å². The van der Waals surface area contributed by atoms with Crippen molar-refractivity contribution < 1.29 is 43.6 Å². The number of likely N-dealkylation sites (N-methyl/N-ethyl adjacent to an activating group) is 1. The van der Waals surface area contributed by atoms with Crippen molar-refractivity contribution in [2.24, 2.45) is 23.5 Å². The molecule has 1 saturated heterocycles. The first-order valence-corrected chi connectivity index (χ1v) is 17.4. The van der Waals surface area contributed by atoms with Crippen molar-refractivity contribution in [1.82, 2.24) is 9.80 Å². The molecule has 3 fully saturated rings. The van der Waals surface area contributed by atoms with Gasteiger partial charge in [0.05, 0.1) is 29.5 Å². The number of benzene rings is 2. The smallest absolute Gasteiger partial charge is 0.230 e. The molecular formula is C38H44FN5O8. The Morgan fingerprint density at radius 2 is 1.75 bits per heavy atom. The number of Topliss-reactive ketones (excluding diaryl/α,β-unsaturated/α-hetero) is 2. The maximum atomic E-state index is 14.3. The Bertz CT molecular complexity index is 1980. The molecule has 4 aliphatic rings. The standard InChI is InChI=1S/C38H44FN5O8/c1-41(2)26-17-22(27-10-9-20(52-27)18-43-11-13-44(14-12-43)25-8-6-5-7-24(25)39)32(45)29-21(26)15-19-16-23-31(42(3)4)34(47)30(37(40)50)36(49)38(23,51)35(48)28(19)33(29)46/h5-10,17,19,23,30-31,34,45-47,51H,11-16,18H2,1-4H3,(H2,40,50)/t19-,23-,30?,31?,34?,38-/m0/s1. The molecule has 7 rings (SSSR count). The lowest BCUT2D eigenvalue weighted by molar-refractivity contribution is -0.184. The van der Waals surface area contributed by atoms with E-state index in [1.165, 1.54) is 6.07 Å². The summed E-state index contributed by atoms with van der Waals surface area (Å²) in [6, 6.07) is 11.0. The molecule has 2 aromatic carbocycles. The normalized spacial score (nSPS) is 27.8. The van der Waals surface area contributed by atoms with Crippen LogP contribution in [0.2, 0.25) is 0 Å². The number of primary amides is 1. The molecule has 13 nitrogen and oxygen atoms in total. The Labute approximate surface area is 300 Å². The second kappa shape index (κ2) is 13.0. The second-order valence-electron chi connectivity index (χ2n) is 14.8. The number of aliphatic hydroxyl groups excluding tert-OH is 2. The highest BCUT2D eigenvalue weighted by Gasteiger charge is 2.67. The van der Waals surface area contributed by atoms with Crippen LogP contribution in [0.25, 0.3) is 17.1 Å². The Morgan fingerprint density at radius 3 is 2.38 bits per heavy atom. The number of carbonyl (C=O) groups is 3. The zero-order chi connectivity index (χ0) is 37.4. The number of phenols is 1. The highest BCUT2D eigenvalue weighted by atomic mass is 19.1. The predicted octanol–water partition coefficient (Wildman–Crippen LogP) is 1.92. The van der Waals surface area contributed by atoms with E-state index in [4.69, 9.17) is 10.2 Å². The third-order valence-corrected chi connectivity index (χ3v) is 11.4. The number of phenolic OH excluding ortho intramolecular Hbond substituents is 1. The minimum Gasteiger partial charge on any atom is -0.507 e. The Balaban J connectivity index is 1.21. The number of para-hydroxylation sites is 1. The van der Waals surface area contributed by atoms with E-state index in [9.17, 15) is 39.2 Å². The molecule has 6 atom stereocenters. The van der Waals surface area contributed by atoms with Crippen LogP contribution in [0.3, 0.4) is 0 Å². The number of furan rings is 1. The van der Waals surface area contributed by atoms with E-state index in [1.807, 2.05) is 30.0 Å². The van der Waals surface area contributed by atoms with Gasteiger partial charge in [0.25, 0.3) is 0 Å². The Kier molecular flexibility index (Phi) is 8.93. The number of rotatable bonds is 7. The van der Waals surface area contributed by atoms with Gasteiger partial charge in [0.1, 0.15) is 34.8 Å². The molecular weight excluding hydrogens is 673 g/mol. The van der Waals surface area contributed by atoms with Crippen LogP contribution in [0, 0.1) is 23.6 Å². The fourth-order valence-electron chi connectivity index (χ4n) is 8.92. The van der Waals surface area contributed by atoms with Crippen LogP contribution in [0.4, 0.5) is 15.8 Å². The van der Waals surface area contributed by atoms with Crippen molar-refractivity contribution in [3.05, 3.63) is 70.7 Å². The zero-order valence-corrected chi connectivity index (χ0v) is 29.5. The summed E-state index contributed by atoms with van der Waals surface area (Å²) in [6.45, 7) is 3.12. The summed E-state index contributed by atoms with van der Waals surface area (Å²) >= 11 is 0. The molecule has 14 heteroatoms. The van der Waals surface area contributed by atoms with Crippen LogP contribution in [-0.2, 0) is 27.3 Å². The third kappa shape index (κ3) is 5.47. The minimum atomic E-state index is -2.74. The molecule has 0 radical (unpaired) electrons. The maximum Gasteiger partial charge on any atom is 0.230 e. The van der Waals surface area contributed by atoms with Gasteiger partial charge >= 0.3 is 0 Å². The number of fused-ring (bicyclic) bond motifs is 3. The van der Waals surface area contributed by atoms with Crippen LogP contribution in [0.1, 0.15) is 23.3 Å². The summed E-state index contributed by atoms with van der Waals surface area (Å²) in [6.07, 6.45) is -1.34. The lowest BCUT2D eigenvalue weighted by Gasteiger charge is -2.53. The van der Waals surface area contributed by atoms with Gasteiger partial charge in [-0.2, -0.15) is 0 Å². The molecule has 276 valence electrons. The minimum absolute atomic E-state index is 0.0102. The van der Waals surface area contributed by atoms with Gasteiger partial charge < -0.3 is 45.3 Å². The number of anilines is 2. The van der Waals surface area contributed by atoms with E-state index >= 15 is 0 Å². The molecule has 6 N–H and O–H groups in total. The van der Waals surface area contributed by atoms with Gasteiger partial charge in [-0.05, 0) is 68.8 Å². The first-order chi connectivity index (χ1) is 24.6. The third-order valence-electron chi connectivity index (χ3n) is 11.4. The molecule has 52 heavy (non-hydrogen) atoms. The number of ketones is 2. The summed E-state index contributed by atoms with van der Waals surface area (Å²) in [5.74, 6) is -7.25. The molecule has 1 amide bonds. The SMILES string of the molecule is CN(C)c1cc(-c2ccc(CN3CCN(c4ccccc4F)CC3)o2)c(O)c2c1C[C@H]1C[C@H]3C(N(C)C)C(O)C(C(N)=O)C(=O)[C@@]3(O)C(=O)C1=C2O. The second-order valence-corrected chi connectivity index (χ2v) is 14.8. The number of aliphatic hydroxyl groups is 3. The monoisotopic (exact) mass is 717 g/mol. The molecule has 0 spiro atoms. The Morgan fingerprint density at radius 1 is 1.06 bits per heavy atom. The lowest BCUT2D eigenvalue weighted by atomic mass is 9.54. The zero-order valence-electron chi connectivity index (χ0n) is 29.5. The average molecular weight is 718 g/mol. The Hall–Kier alpha value is -4.76. The maximum absolute atomic E-state index is 14.3. The van der Waals surface area contributed by atoms with E-state index < -0.39 is 58.7 Å². The van der Waals surface area contributed by atoms with E-state index in [-0.39, 0.29) is 41.1 Å². The van der Waals surface area contributed by atoms with Crippen molar-refractivity contribution in [1.29, 1.82) is 0 Å². The van der Waals surface area contributed by atoms with E-state index in [0.29, 0.717) is 61.2 Å². The molecule has 2 saturated carbocycles. The van der Waals surface area contributed by atoms with Crippen molar-refractivity contribution >= 4 is 34.6 Å². The average Bonchev–Trinajstić information content (AvgIpc) is 3.54.